The molecule has 9 heavy (non-hydrogen) atoms. The van der Waals surface area contributed by atoms with Gasteiger partial charge in [0.1, 0.15) is 0 Å². The van der Waals surface area contributed by atoms with E-state index >= 15 is 0 Å². The minimum atomic E-state index is 0.475. The van der Waals surface area contributed by atoms with Gasteiger partial charge in [-0.1, -0.05) is 12.2 Å². The van der Waals surface area contributed by atoms with Crippen LogP contribution in [-0.2, 0) is 0 Å². The Labute approximate surface area is 64.3 Å². The molecule has 1 aromatic rings. The molecule has 4 heteroatoms. The molecule has 0 aliphatic rings. The first-order valence-corrected chi connectivity index (χ1v) is 3.31. The van der Waals surface area contributed by atoms with Crippen molar-refractivity contribution >= 4 is 29.2 Å². The summed E-state index contributed by atoms with van der Waals surface area (Å²) in [5, 5.41) is 4.01. The van der Waals surface area contributed by atoms with Gasteiger partial charge in [-0.05, 0) is 13.0 Å². The Morgan fingerprint density at radius 2 is 2.56 bits per heavy atom. The first-order chi connectivity index (χ1) is 4.20. The van der Waals surface area contributed by atoms with Gasteiger partial charge in [0.15, 0.2) is 4.32 Å². The Balaban J connectivity index is 2.98. The summed E-state index contributed by atoms with van der Waals surface area (Å²) in [6.07, 6.45) is 1.78. The molecule has 0 atom stereocenters. The third kappa shape index (κ3) is 1.53. The number of hydrogen-bond acceptors (Lipinski definition) is 2. The van der Waals surface area contributed by atoms with Gasteiger partial charge in [0.25, 0.3) is 0 Å². The molecule has 0 unspecified atom stereocenters. The first kappa shape index (κ1) is 6.77. The fourth-order valence-electron chi connectivity index (χ4n) is 0.522. The highest BCUT2D eigenvalue weighted by Gasteiger charge is 1.93. The van der Waals surface area contributed by atoms with E-state index in [4.69, 9.17) is 12.2 Å². The van der Waals surface area contributed by atoms with Crippen LogP contribution >= 0.6 is 24.8 Å². The fraction of sp³-hybridized carbons (Fsp3) is 0.200. The summed E-state index contributed by atoms with van der Waals surface area (Å²) < 4.78 is 2.02. The minimum Gasteiger partial charge on any atom is -0.224 e. The molecule has 0 aliphatic carbocycles. The van der Waals surface area contributed by atoms with E-state index in [0.29, 0.717) is 4.32 Å². The minimum absolute atomic E-state index is 0.475. The van der Waals surface area contributed by atoms with Gasteiger partial charge >= 0.3 is 0 Å². The second kappa shape index (κ2) is 2.49. The SMILES string of the molecule is Cc1ccn(C(=S)S)n1. The normalized spacial score (nSPS) is 9.56. The van der Waals surface area contributed by atoms with Gasteiger partial charge in [-0.15, -0.1) is 12.6 Å². The molecular formula is C5H6N2S2. The number of nitrogens with zero attached hydrogens (tertiary/aromatic N) is 2. The Bertz CT molecular complexity index is 229. The van der Waals surface area contributed by atoms with Crippen molar-refractivity contribution in [2.45, 2.75) is 6.92 Å². The summed E-state index contributed by atoms with van der Waals surface area (Å²) in [6, 6.07) is 1.88. The van der Waals surface area contributed by atoms with Gasteiger partial charge in [-0.25, -0.2) is 4.68 Å². The predicted octanol–water partition coefficient (Wildman–Crippen LogP) is 1.25. The molecule has 0 N–H and O–H groups in total. The van der Waals surface area contributed by atoms with Crippen LogP contribution in [0.5, 0.6) is 0 Å². The number of thiol groups is 1. The van der Waals surface area contributed by atoms with Crippen molar-refractivity contribution in [2.24, 2.45) is 0 Å². The molecule has 1 heterocycles. The average molecular weight is 158 g/mol. The Morgan fingerprint density at radius 3 is 2.78 bits per heavy atom. The molecule has 0 radical (unpaired) electrons. The van der Waals surface area contributed by atoms with Crippen LogP contribution in [0.2, 0.25) is 0 Å². The second-order valence-corrected chi connectivity index (χ2v) is 2.80. The van der Waals surface area contributed by atoms with Gasteiger partial charge in [0, 0.05) is 6.20 Å². The number of aromatic nitrogens is 2. The summed E-state index contributed by atoms with van der Waals surface area (Å²) in [5.74, 6) is 0. The smallest absolute Gasteiger partial charge is 0.158 e. The second-order valence-electron chi connectivity index (χ2n) is 1.68. The van der Waals surface area contributed by atoms with Crippen LogP contribution in [0.3, 0.4) is 0 Å². The summed E-state index contributed by atoms with van der Waals surface area (Å²) in [4.78, 5) is 0. The molecule has 0 fully saturated rings. The zero-order valence-corrected chi connectivity index (χ0v) is 6.62. The summed E-state index contributed by atoms with van der Waals surface area (Å²) in [7, 11) is 0. The Morgan fingerprint density at radius 1 is 1.89 bits per heavy atom. The summed E-state index contributed by atoms with van der Waals surface area (Å²) in [5.41, 5.74) is 0.950. The van der Waals surface area contributed by atoms with Crippen LogP contribution in [0, 0.1) is 6.92 Å². The van der Waals surface area contributed by atoms with Crippen molar-refractivity contribution in [1.82, 2.24) is 9.78 Å². The van der Waals surface area contributed by atoms with Gasteiger partial charge in [0.05, 0.1) is 5.69 Å². The number of aryl methyl sites for hydroxylation is 1. The Kier molecular flexibility index (Phi) is 1.87. The third-order valence-corrected chi connectivity index (χ3v) is 1.31. The van der Waals surface area contributed by atoms with Crippen LogP contribution in [0.25, 0.3) is 0 Å². The molecule has 48 valence electrons. The highest BCUT2D eigenvalue weighted by molar-refractivity contribution is 8.11. The molecule has 0 saturated carbocycles. The molecule has 0 aliphatic heterocycles. The van der Waals surface area contributed by atoms with E-state index in [-0.39, 0.29) is 0 Å². The van der Waals surface area contributed by atoms with E-state index in [1.807, 2.05) is 13.0 Å². The first-order valence-electron chi connectivity index (χ1n) is 2.46. The highest BCUT2D eigenvalue weighted by atomic mass is 32.1. The third-order valence-electron chi connectivity index (χ3n) is 0.918. The molecule has 0 bridgehead atoms. The van der Waals surface area contributed by atoms with Crippen molar-refractivity contribution in [3.05, 3.63) is 18.0 Å². The zero-order chi connectivity index (χ0) is 6.85. The van der Waals surface area contributed by atoms with E-state index in [1.165, 1.54) is 0 Å². The largest absolute Gasteiger partial charge is 0.224 e. The van der Waals surface area contributed by atoms with Crippen LogP contribution in [-0.4, -0.2) is 14.1 Å². The molecule has 2 nitrogen and oxygen atoms in total. The molecule has 0 saturated heterocycles. The van der Waals surface area contributed by atoms with Gasteiger partial charge < -0.3 is 0 Å². The molecule has 1 rings (SSSR count). The average Bonchev–Trinajstić information content (AvgIpc) is 2.14. The number of thiocarbonyl (C=S) groups is 1. The molecule has 0 spiro atoms. The number of rotatable bonds is 0. The van der Waals surface area contributed by atoms with E-state index < -0.39 is 0 Å². The molecule has 0 amide bonds. The van der Waals surface area contributed by atoms with E-state index in [2.05, 4.69) is 17.7 Å². The maximum atomic E-state index is 4.74. The van der Waals surface area contributed by atoms with Crippen molar-refractivity contribution < 1.29 is 0 Å². The maximum Gasteiger partial charge on any atom is 0.158 e. The lowest BCUT2D eigenvalue weighted by molar-refractivity contribution is 0.938. The lowest BCUT2D eigenvalue weighted by Gasteiger charge is -1.90. The van der Waals surface area contributed by atoms with E-state index in [9.17, 15) is 0 Å². The Hall–Kier alpha value is -0.350. The van der Waals surface area contributed by atoms with Crippen LogP contribution < -0.4 is 0 Å². The summed E-state index contributed by atoms with van der Waals surface area (Å²) >= 11 is 8.67. The number of hydrogen-bond donors (Lipinski definition) is 1. The van der Waals surface area contributed by atoms with Crippen molar-refractivity contribution in [2.75, 3.05) is 0 Å². The lowest BCUT2D eigenvalue weighted by atomic mass is 10.5. The van der Waals surface area contributed by atoms with Crippen molar-refractivity contribution in [3.8, 4) is 0 Å². The van der Waals surface area contributed by atoms with E-state index in [0.717, 1.165) is 5.69 Å². The standard InChI is InChI=1S/C5H6N2S2/c1-4-2-3-7(6-4)5(8)9/h2-3H,1H3,(H,8,9). The van der Waals surface area contributed by atoms with Crippen LogP contribution in [0.1, 0.15) is 5.69 Å². The van der Waals surface area contributed by atoms with E-state index in [1.54, 1.807) is 10.9 Å². The molecule has 1 aromatic heterocycles. The highest BCUT2D eigenvalue weighted by Crippen LogP contribution is 1.94. The molecular weight excluding hydrogens is 152 g/mol. The van der Waals surface area contributed by atoms with Gasteiger partial charge in [-0.3, -0.25) is 0 Å². The van der Waals surface area contributed by atoms with Crippen LogP contribution in [0.15, 0.2) is 12.3 Å². The maximum absolute atomic E-state index is 4.74. The zero-order valence-electron chi connectivity index (χ0n) is 4.90. The fourth-order valence-corrected chi connectivity index (χ4v) is 0.735. The van der Waals surface area contributed by atoms with Gasteiger partial charge in [-0.2, -0.15) is 5.10 Å². The van der Waals surface area contributed by atoms with Gasteiger partial charge in [0.2, 0.25) is 0 Å². The van der Waals surface area contributed by atoms with Crippen molar-refractivity contribution in [3.63, 3.8) is 0 Å². The summed E-state index contributed by atoms with van der Waals surface area (Å²) in [6.45, 7) is 1.91. The topological polar surface area (TPSA) is 17.8 Å². The lowest BCUT2D eigenvalue weighted by Crippen LogP contribution is -2.01. The van der Waals surface area contributed by atoms with Crippen LogP contribution in [0.4, 0.5) is 0 Å². The quantitative estimate of drug-likeness (QED) is 0.452. The molecule has 0 aromatic carbocycles. The predicted molar refractivity (Wildman–Crippen MR) is 43.9 cm³/mol. The van der Waals surface area contributed by atoms with Crippen molar-refractivity contribution in [1.29, 1.82) is 0 Å². The monoisotopic (exact) mass is 158 g/mol.